The Balaban J connectivity index is 2.47. The van der Waals surface area contributed by atoms with Gasteiger partial charge in [0.15, 0.2) is 5.69 Å². The third-order valence-electron chi connectivity index (χ3n) is 2.46. The summed E-state index contributed by atoms with van der Waals surface area (Å²) < 4.78 is 10.7. The van der Waals surface area contributed by atoms with Gasteiger partial charge < -0.3 is 9.47 Å². The van der Waals surface area contributed by atoms with E-state index in [0.717, 1.165) is 0 Å². The summed E-state index contributed by atoms with van der Waals surface area (Å²) >= 11 is 9.22. The summed E-state index contributed by atoms with van der Waals surface area (Å²) in [5, 5.41) is 0.447. The number of ketones is 1. The maximum Gasteiger partial charge on any atom is 0.247 e. The number of methoxy groups -OCH3 is 2. The Labute approximate surface area is 129 Å². The van der Waals surface area contributed by atoms with Crippen LogP contribution in [0.15, 0.2) is 28.9 Å². The van der Waals surface area contributed by atoms with Gasteiger partial charge in [-0.1, -0.05) is 27.5 Å². The van der Waals surface area contributed by atoms with Gasteiger partial charge in [0.1, 0.15) is 0 Å². The van der Waals surface area contributed by atoms with Crippen LogP contribution in [0.25, 0.3) is 0 Å². The number of benzene rings is 1. The van der Waals surface area contributed by atoms with E-state index >= 15 is 0 Å². The molecule has 0 aliphatic heterocycles. The summed E-state index contributed by atoms with van der Waals surface area (Å²) in [5.41, 5.74) is 0.490. The molecule has 1 heterocycles. The van der Waals surface area contributed by atoms with Gasteiger partial charge in [-0.05, 0) is 18.2 Å². The predicted octanol–water partition coefficient (Wildman–Crippen LogP) is 3.14. The number of carbonyl (C=O) groups is 1. The number of nitrogens with zero attached hydrogens (tertiary/aromatic N) is 2. The first-order chi connectivity index (χ1) is 9.55. The molecule has 1 aromatic carbocycles. The lowest BCUT2D eigenvalue weighted by Crippen LogP contribution is -2.09. The molecular weight excluding hydrogens is 348 g/mol. The maximum atomic E-state index is 12.4. The van der Waals surface area contributed by atoms with Crippen LogP contribution in [0.5, 0.6) is 11.8 Å². The molecule has 0 N–H and O–H groups in total. The predicted molar refractivity (Wildman–Crippen MR) is 77.7 cm³/mol. The third kappa shape index (κ3) is 3.08. The number of ether oxygens (including phenoxy) is 2. The first-order valence-electron chi connectivity index (χ1n) is 5.51. The topological polar surface area (TPSA) is 61.3 Å². The smallest absolute Gasteiger partial charge is 0.247 e. The molecule has 2 rings (SSSR count). The number of halogens is 2. The monoisotopic (exact) mass is 356 g/mol. The van der Waals surface area contributed by atoms with Crippen LogP contribution < -0.4 is 9.47 Å². The van der Waals surface area contributed by atoms with Gasteiger partial charge in [-0.3, -0.25) is 4.79 Å². The van der Waals surface area contributed by atoms with Crippen molar-refractivity contribution in [1.82, 2.24) is 9.97 Å². The van der Waals surface area contributed by atoms with Crippen molar-refractivity contribution in [3.05, 3.63) is 45.1 Å². The highest BCUT2D eigenvalue weighted by molar-refractivity contribution is 9.10. The highest BCUT2D eigenvalue weighted by atomic mass is 79.9. The third-order valence-corrected chi connectivity index (χ3v) is 3.14. The summed E-state index contributed by atoms with van der Waals surface area (Å²) in [5.74, 6) is 0.0383. The van der Waals surface area contributed by atoms with E-state index in [4.69, 9.17) is 21.1 Å². The molecule has 104 valence electrons. The van der Waals surface area contributed by atoms with Crippen molar-refractivity contribution in [2.75, 3.05) is 14.2 Å². The molecule has 1 aromatic heterocycles. The lowest BCUT2D eigenvalue weighted by Gasteiger charge is -2.08. The van der Waals surface area contributed by atoms with Crippen LogP contribution >= 0.6 is 27.5 Å². The molecule has 0 unspecified atom stereocenters. The molecule has 0 radical (unpaired) electrons. The molecule has 0 amide bonds. The molecule has 0 saturated heterocycles. The molecule has 7 heteroatoms. The fourth-order valence-electron chi connectivity index (χ4n) is 1.57. The van der Waals surface area contributed by atoms with E-state index in [1.54, 1.807) is 18.2 Å². The summed E-state index contributed by atoms with van der Waals surface area (Å²) in [6.45, 7) is 0. The molecule has 0 atom stereocenters. The quantitative estimate of drug-likeness (QED) is 0.787. The summed E-state index contributed by atoms with van der Waals surface area (Å²) in [6, 6.07) is 4.90. The Bertz CT molecular complexity index is 644. The number of carbonyl (C=O) groups excluding carboxylic acids is 1. The lowest BCUT2D eigenvalue weighted by molar-refractivity contribution is 0.103. The summed E-state index contributed by atoms with van der Waals surface area (Å²) in [7, 11) is 2.87. The fourth-order valence-corrected chi connectivity index (χ4v) is 2.44. The second-order valence-corrected chi connectivity index (χ2v) is 5.11. The van der Waals surface area contributed by atoms with Crippen molar-refractivity contribution < 1.29 is 14.3 Å². The van der Waals surface area contributed by atoms with E-state index in [1.165, 1.54) is 20.4 Å². The normalized spacial score (nSPS) is 10.2. The van der Waals surface area contributed by atoms with Crippen molar-refractivity contribution in [3.63, 3.8) is 0 Å². The van der Waals surface area contributed by atoms with Crippen molar-refractivity contribution >= 4 is 33.3 Å². The molecule has 0 fully saturated rings. The number of hydrogen-bond donors (Lipinski definition) is 0. The van der Waals surface area contributed by atoms with Crippen LogP contribution in [0.2, 0.25) is 5.02 Å². The minimum absolute atomic E-state index is 0.0995. The van der Waals surface area contributed by atoms with Gasteiger partial charge in [-0.2, -0.15) is 4.98 Å². The van der Waals surface area contributed by atoms with Gasteiger partial charge in [-0.25, -0.2) is 4.98 Å². The second kappa shape index (κ2) is 6.19. The summed E-state index contributed by atoms with van der Waals surface area (Å²) in [4.78, 5) is 20.5. The van der Waals surface area contributed by atoms with E-state index in [1.807, 2.05) is 0 Å². The van der Waals surface area contributed by atoms with Gasteiger partial charge in [0.2, 0.25) is 17.5 Å². The van der Waals surface area contributed by atoms with Crippen LogP contribution in [0, 0.1) is 0 Å². The Morgan fingerprint density at radius 3 is 2.60 bits per heavy atom. The molecular formula is C13H10BrClN2O3. The molecule has 0 spiro atoms. The van der Waals surface area contributed by atoms with Gasteiger partial charge in [0, 0.05) is 15.1 Å². The standard InChI is InChI=1S/C13H10BrClN2O3/c1-19-10-6-16-11(13(17-10)20-2)12(18)7-3-8(14)5-9(15)4-7/h3-6H,1-2H3. The molecule has 0 aliphatic carbocycles. The van der Waals surface area contributed by atoms with Crippen LogP contribution in [0.3, 0.4) is 0 Å². The van der Waals surface area contributed by atoms with Crippen LogP contribution in [0.1, 0.15) is 16.1 Å². The lowest BCUT2D eigenvalue weighted by atomic mass is 10.1. The number of aromatic nitrogens is 2. The van der Waals surface area contributed by atoms with E-state index in [9.17, 15) is 4.79 Å². The Hall–Kier alpha value is -1.66. The molecule has 2 aromatic rings. The van der Waals surface area contributed by atoms with Crippen molar-refractivity contribution in [3.8, 4) is 11.8 Å². The van der Waals surface area contributed by atoms with Gasteiger partial charge >= 0.3 is 0 Å². The van der Waals surface area contributed by atoms with Crippen molar-refractivity contribution in [2.45, 2.75) is 0 Å². The van der Waals surface area contributed by atoms with E-state index in [-0.39, 0.29) is 23.2 Å². The Kier molecular flexibility index (Phi) is 4.57. The van der Waals surface area contributed by atoms with Crippen LogP contribution in [-0.2, 0) is 0 Å². The first kappa shape index (κ1) is 14.7. The van der Waals surface area contributed by atoms with Gasteiger partial charge in [0.05, 0.1) is 20.4 Å². The average molecular weight is 358 g/mol. The molecule has 0 bridgehead atoms. The fraction of sp³-hybridized carbons (Fsp3) is 0.154. The SMILES string of the molecule is COc1cnc(C(=O)c2cc(Cl)cc(Br)c2)c(OC)n1. The largest absolute Gasteiger partial charge is 0.480 e. The van der Waals surface area contributed by atoms with E-state index in [2.05, 4.69) is 25.9 Å². The Morgan fingerprint density at radius 1 is 1.25 bits per heavy atom. The first-order valence-corrected chi connectivity index (χ1v) is 6.68. The zero-order valence-corrected chi connectivity index (χ0v) is 13.0. The summed E-state index contributed by atoms with van der Waals surface area (Å²) in [6.07, 6.45) is 1.36. The van der Waals surface area contributed by atoms with Crippen molar-refractivity contribution in [1.29, 1.82) is 0 Å². The zero-order valence-electron chi connectivity index (χ0n) is 10.7. The number of hydrogen-bond acceptors (Lipinski definition) is 5. The Morgan fingerprint density at radius 2 is 2.00 bits per heavy atom. The number of rotatable bonds is 4. The van der Waals surface area contributed by atoms with E-state index < -0.39 is 0 Å². The zero-order chi connectivity index (χ0) is 14.7. The minimum Gasteiger partial charge on any atom is -0.480 e. The van der Waals surface area contributed by atoms with Gasteiger partial charge in [-0.15, -0.1) is 0 Å². The maximum absolute atomic E-state index is 12.4. The minimum atomic E-state index is -0.333. The molecule has 0 aliphatic rings. The molecule has 20 heavy (non-hydrogen) atoms. The van der Waals surface area contributed by atoms with Crippen LogP contribution in [0.4, 0.5) is 0 Å². The molecule has 5 nitrogen and oxygen atoms in total. The van der Waals surface area contributed by atoms with Crippen molar-refractivity contribution in [2.24, 2.45) is 0 Å². The van der Waals surface area contributed by atoms with Crippen LogP contribution in [-0.4, -0.2) is 30.0 Å². The highest BCUT2D eigenvalue weighted by Crippen LogP contribution is 2.24. The average Bonchev–Trinajstić information content (AvgIpc) is 2.44. The second-order valence-electron chi connectivity index (χ2n) is 3.76. The van der Waals surface area contributed by atoms with Gasteiger partial charge in [0.25, 0.3) is 0 Å². The molecule has 0 saturated carbocycles. The highest BCUT2D eigenvalue weighted by Gasteiger charge is 2.19. The van der Waals surface area contributed by atoms with E-state index in [0.29, 0.717) is 15.1 Å².